The van der Waals surface area contributed by atoms with Crippen LogP contribution in [0.1, 0.15) is 22.3 Å². The molecule has 0 atom stereocenters. The van der Waals surface area contributed by atoms with Crippen LogP contribution in [0, 0.1) is 13.8 Å². The van der Waals surface area contributed by atoms with Gasteiger partial charge in [0.05, 0.1) is 42.3 Å². The summed E-state index contributed by atoms with van der Waals surface area (Å²) in [5.74, 6) is 0. The van der Waals surface area contributed by atoms with Crippen molar-refractivity contribution in [2.45, 2.75) is 26.9 Å². The second-order valence-electron chi connectivity index (χ2n) is 7.60. The molecule has 0 saturated carbocycles. The average Bonchev–Trinajstić information content (AvgIpc) is 2.08. The first-order valence-electron chi connectivity index (χ1n) is 6.68. The van der Waals surface area contributed by atoms with Crippen LogP contribution in [-0.2, 0) is 13.1 Å². The molecule has 0 unspecified atom stereocenters. The molecule has 118 valence electrons. The maximum absolute atomic E-state index is 2.38. The Kier molecular flexibility index (Phi) is 8.42. The Bertz CT molecular complexity index is 388. The SMILES string of the molecule is Cc1cc(C[N+](C)(C)C)c(C)cc1C[N+](C)(C)C.Cl.Cl. The van der Waals surface area contributed by atoms with Crippen LogP contribution in [0.2, 0.25) is 0 Å². The van der Waals surface area contributed by atoms with Crippen LogP contribution in [-0.4, -0.2) is 51.3 Å². The molecule has 0 N–H and O–H groups in total. The summed E-state index contributed by atoms with van der Waals surface area (Å²) in [4.78, 5) is 0. The quantitative estimate of drug-likeness (QED) is 0.743. The van der Waals surface area contributed by atoms with Crippen LogP contribution in [0.5, 0.6) is 0 Å². The molecule has 0 spiro atoms. The van der Waals surface area contributed by atoms with Crippen molar-refractivity contribution in [1.82, 2.24) is 0 Å². The second kappa shape index (κ2) is 7.65. The zero-order valence-electron chi connectivity index (χ0n) is 14.3. The summed E-state index contributed by atoms with van der Waals surface area (Å²) in [5, 5.41) is 0. The Morgan fingerprint density at radius 1 is 0.650 bits per heavy atom. The van der Waals surface area contributed by atoms with E-state index in [2.05, 4.69) is 68.3 Å². The van der Waals surface area contributed by atoms with Crippen molar-refractivity contribution < 1.29 is 8.97 Å². The molecule has 0 fully saturated rings. The molecule has 2 nitrogen and oxygen atoms in total. The first-order valence-corrected chi connectivity index (χ1v) is 6.68. The highest BCUT2D eigenvalue weighted by Crippen LogP contribution is 2.20. The van der Waals surface area contributed by atoms with Crippen LogP contribution >= 0.6 is 24.8 Å². The first-order chi connectivity index (χ1) is 7.98. The molecule has 0 bridgehead atoms. The lowest BCUT2D eigenvalue weighted by Crippen LogP contribution is -2.34. The third kappa shape index (κ3) is 7.49. The van der Waals surface area contributed by atoms with Gasteiger partial charge in [-0.15, -0.1) is 24.8 Å². The van der Waals surface area contributed by atoms with Crippen molar-refractivity contribution in [1.29, 1.82) is 0 Å². The Labute approximate surface area is 137 Å². The smallest absolute Gasteiger partial charge is 0.104 e. The van der Waals surface area contributed by atoms with E-state index in [9.17, 15) is 0 Å². The molecule has 0 saturated heterocycles. The van der Waals surface area contributed by atoms with E-state index >= 15 is 0 Å². The van der Waals surface area contributed by atoms with Crippen molar-refractivity contribution in [3.05, 3.63) is 34.4 Å². The van der Waals surface area contributed by atoms with Crippen LogP contribution in [0.4, 0.5) is 0 Å². The van der Waals surface area contributed by atoms with Crippen molar-refractivity contribution in [2.24, 2.45) is 0 Å². The zero-order valence-corrected chi connectivity index (χ0v) is 15.9. The lowest BCUT2D eigenvalue weighted by atomic mass is 9.98. The highest BCUT2D eigenvalue weighted by atomic mass is 35.5. The monoisotopic (exact) mass is 322 g/mol. The number of hydrogen-bond donors (Lipinski definition) is 0. The van der Waals surface area contributed by atoms with Gasteiger partial charge in [0.15, 0.2) is 0 Å². The molecule has 4 heteroatoms. The molecule has 0 aliphatic heterocycles. The van der Waals surface area contributed by atoms with Gasteiger partial charge in [0, 0.05) is 11.1 Å². The van der Waals surface area contributed by atoms with Gasteiger partial charge in [-0.1, -0.05) is 0 Å². The minimum atomic E-state index is 0. The molecule has 0 radical (unpaired) electrons. The fourth-order valence-electron chi connectivity index (χ4n) is 2.30. The number of hydrogen-bond acceptors (Lipinski definition) is 0. The molecule has 0 aliphatic rings. The zero-order chi connectivity index (χ0) is 14.1. The number of nitrogens with zero attached hydrogens (tertiary/aromatic N) is 2. The summed E-state index contributed by atoms with van der Waals surface area (Å²) in [5.41, 5.74) is 5.81. The van der Waals surface area contributed by atoms with Crippen LogP contribution < -0.4 is 0 Å². The lowest BCUT2D eigenvalue weighted by molar-refractivity contribution is -0.884. The summed E-state index contributed by atoms with van der Waals surface area (Å²) in [6, 6.07) is 4.76. The Hall–Kier alpha value is -0.280. The minimum Gasteiger partial charge on any atom is -0.327 e. The summed E-state index contributed by atoms with van der Waals surface area (Å²) in [6.45, 7) is 6.67. The number of rotatable bonds is 4. The maximum Gasteiger partial charge on any atom is 0.104 e. The molecule has 0 aromatic heterocycles. The molecule has 0 aliphatic carbocycles. The van der Waals surface area contributed by atoms with Crippen LogP contribution in [0.25, 0.3) is 0 Å². The highest BCUT2D eigenvalue weighted by molar-refractivity contribution is 5.85. The van der Waals surface area contributed by atoms with Gasteiger partial charge in [0.1, 0.15) is 13.1 Å². The van der Waals surface area contributed by atoms with Crippen molar-refractivity contribution in [2.75, 3.05) is 42.3 Å². The van der Waals surface area contributed by atoms with Crippen molar-refractivity contribution >= 4 is 24.8 Å². The van der Waals surface area contributed by atoms with Gasteiger partial charge in [-0.2, -0.15) is 0 Å². The lowest BCUT2D eigenvalue weighted by Gasteiger charge is -2.27. The van der Waals surface area contributed by atoms with E-state index in [0.29, 0.717) is 0 Å². The van der Waals surface area contributed by atoms with Gasteiger partial charge in [0.25, 0.3) is 0 Å². The van der Waals surface area contributed by atoms with E-state index in [4.69, 9.17) is 0 Å². The Balaban J connectivity index is 0. The van der Waals surface area contributed by atoms with E-state index in [-0.39, 0.29) is 24.8 Å². The molecular weight excluding hydrogens is 291 g/mol. The topological polar surface area (TPSA) is 0 Å². The molecule has 1 aromatic carbocycles. The number of benzene rings is 1. The highest BCUT2D eigenvalue weighted by Gasteiger charge is 2.15. The van der Waals surface area contributed by atoms with Crippen molar-refractivity contribution in [3.8, 4) is 0 Å². The van der Waals surface area contributed by atoms with Gasteiger partial charge in [-0.25, -0.2) is 0 Å². The number of halogens is 2. The molecule has 20 heavy (non-hydrogen) atoms. The van der Waals surface area contributed by atoms with E-state index in [1.165, 1.54) is 22.3 Å². The predicted molar refractivity (Wildman–Crippen MR) is 93.9 cm³/mol. The van der Waals surface area contributed by atoms with E-state index < -0.39 is 0 Å². The molecule has 1 rings (SSSR count). The van der Waals surface area contributed by atoms with Crippen molar-refractivity contribution in [3.63, 3.8) is 0 Å². The van der Waals surface area contributed by atoms with E-state index in [1.54, 1.807) is 0 Å². The van der Waals surface area contributed by atoms with Gasteiger partial charge in [0.2, 0.25) is 0 Å². The molecular formula is C16H32Cl2N2+2. The molecule has 0 heterocycles. The maximum atomic E-state index is 2.38. The number of quaternary nitrogens is 2. The average molecular weight is 323 g/mol. The summed E-state index contributed by atoms with van der Waals surface area (Å²) in [6.07, 6.45) is 0. The third-order valence-corrected chi connectivity index (χ3v) is 3.08. The summed E-state index contributed by atoms with van der Waals surface area (Å²) >= 11 is 0. The van der Waals surface area contributed by atoms with Gasteiger partial charge < -0.3 is 8.97 Å². The molecule has 1 aromatic rings. The molecule has 0 amide bonds. The Morgan fingerprint density at radius 2 is 0.900 bits per heavy atom. The van der Waals surface area contributed by atoms with E-state index in [1.807, 2.05) is 0 Å². The third-order valence-electron chi connectivity index (χ3n) is 3.08. The van der Waals surface area contributed by atoms with Crippen LogP contribution in [0.3, 0.4) is 0 Å². The van der Waals surface area contributed by atoms with Gasteiger partial charge in [-0.3, -0.25) is 0 Å². The van der Waals surface area contributed by atoms with E-state index in [0.717, 1.165) is 22.1 Å². The second-order valence-corrected chi connectivity index (χ2v) is 7.60. The summed E-state index contributed by atoms with van der Waals surface area (Å²) in [7, 11) is 13.5. The summed E-state index contributed by atoms with van der Waals surface area (Å²) < 4.78 is 1.96. The fraction of sp³-hybridized carbons (Fsp3) is 0.625. The standard InChI is InChI=1S/C16H30N2.2ClH/c1-13-9-16(12-18(6,7)8)14(2)10-15(13)11-17(3,4)5;;/h9-10H,11-12H2,1-8H3;2*1H/q+2;;. The van der Waals surface area contributed by atoms with Crippen LogP contribution in [0.15, 0.2) is 12.1 Å². The first kappa shape index (κ1) is 22.0. The largest absolute Gasteiger partial charge is 0.327 e. The Morgan fingerprint density at radius 3 is 1.10 bits per heavy atom. The minimum absolute atomic E-state index is 0. The van der Waals surface area contributed by atoms with Gasteiger partial charge in [-0.05, 0) is 37.1 Å². The normalized spacial score (nSPS) is 11.6. The van der Waals surface area contributed by atoms with Gasteiger partial charge >= 0.3 is 0 Å². The predicted octanol–water partition coefficient (Wildman–Crippen LogP) is 3.56. The number of aryl methyl sites for hydroxylation is 2. The fourth-order valence-corrected chi connectivity index (χ4v) is 2.30.